The average molecular weight is 396 g/mol. The molecule has 150 valence electrons. The van der Waals surface area contributed by atoms with Gasteiger partial charge in [0.25, 0.3) is 0 Å². The van der Waals surface area contributed by atoms with Crippen molar-refractivity contribution < 1.29 is 19.0 Å². The number of rotatable bonds is 5. The third-order valence-corrected chi connectivity index (χ3v) is 4.92. The molecule has 8 heteroatoms. The van der Waals surface area contributed by atoms with Crippen molar-refractivity contribution in [3.05, 3.63) is 36.3 Å². The van der Waals surface area contributed by atoms with E-state index in [1.807, 2.05) is 6.92 Å². The second kappa shape index (κ2) is 7.12. The highest BCUT2D eigenvalue weighted by molar-refractivity contribution is 6.12. The highest BCUT2D eigenvalue weighted by Crippen LogP contribution is 2.42. The number of aromatic hydroxyl groups is 1. The molecule has 4 aromatic rings. The fraction of sp³-hybridized carbons (Fsp3) is 0.238. The average Bonchev–Trinajstić information content (AvgIpc) is 3.03. The minimum Gasteiger partial charge on any atom is -0.494 e. The molecule has 3 N–H and O–H groups in total. The van der Waals surface area contributed by atoms with Crippen LogP contribution in [0.4, 0.5) is 10.1 Å². The Balaban J connectivity index is 2.08. The van der Waals surface area contributed by atoms with Crippen LogP contribution in [0.5, 0.6) is 17.6 Å². The van der Waals surface area contributed by atoms with Crippen LogP contribution < -0.4 is 15.2 Å². The second-order valence-electron chi connectivity index (χ2n) is 6.66. The van der Waals surface area contributed by atoms with Crippen LogP contribution in [0, 0.1) is 5.82 Å². The zero-order valence-corrected chi connectivity index (χ0v) is 16.4. The minimum atomic E-state index is -0.480. The van der Waals surface area contributed by atoms with E-state index in [1.165, 1.54) is 20.3 Å². The maximum absolute atomic E-state index is 15.0. The Morgan fingerprint density at radius 3 is 2.62 bits per heavy atom. The number of aromatic nitrogens is 3. The van der Waals surface area contributed by atoms with Crippen molar-refractivity contribution in [2.75, 3.05) is 20.0 Å². The maximum atomic E-state index is 15.0. The van der Waals surface area contributed by atoms with Crippen molar-refractivity contribution in [3.63, 3.8) is 0 Å². The summed E-state index contributed by atoms with van der Waals surface area (Å²) in [6, 6.07) is 6.19. The number of halogens is 1. The van der Waals surface area contributed by atoms with Crippen LogP contribution in [-0.2, 0) is 6.54 Å². The van der Waals surface area contributed by atoms with Gasteiger partial charge in [-0.3, -0.25) is 0 Å². The summed E-state index contributed by atoms with van der Waals surface area (Å²) in [5.41, 5.74) is 8.24. The summed E-state index contributed by atoms with van der Waals surface area (Å²) in [7, 11) is 2.95. The lowest BCUT2D eigenvalue weighted by Crippen LogP contribution is -1.99. The normalized spacial score (nSPS) is 11.3. The van der Waals surface area contributed by atoms with Crippen LogP contribution >= 0.6 is 0 Å². The number of methoxy groups -OCH3 is 2. The zero-order valence-electron chi connectivity index (χ0n) is 16.4. The first-order valence-corrected chi connectivity index (χ1v) is 9.19. The summed E-state index contributed by atoms with van der Waals surface area (Å²) in [6.45, 7) is 2.63. The first-order chi connectivity index (χ1) is 14.0. The van der Waals surface area contributed by atoms with Gasteiger partial charge in [0.05, 0.1) is 36.3 Å². The molecule has 0 saturated carbocycles. The molecule has 0 radical (unpaired) electrons. The molecule has 0 unspecified atom stereocenters. The lowest BCUT2D eigenvalue weighted by Gasteiger charge is -2.13. The van der Waals surface area contributed by atoms with E-state index >= 15 is 0 Å². The van der Waals surface area contributed by atoms with E-state index in [-0.39, 0.29) is 17.3 Å². The topological polar surface area (TPSA) is 95.4 Å². The summed E-state index contributed by atoms with van der Waals surface area (Å²) >= 11 is 0. The number of fused-ring (bicyclic) bond motifs is 2. The van der Waals surface area contributed by atoms with Gasteiger partial charge in [-0.2, -0.15) is 4.98 Å². The summed E-state index contributed by atoms with van der Waals surface area (Å²) in [4.78, 5) is 8.89. The van der Waals surface area contributed by atoms with Crippen molar-refractivity contribution in [2.24, 2.45) is 0 Å². The molecule has 3 aromatic heterocycles. The van der Waals surface area contributed by atoms with E-state index < -0.39 is 5.82 Å². The van der Waals surface area contributed by atoms with Crippen LogP contribution in [0.2, 0.25) is 0 Å². The highest BCUT2D eigenvalue weighted by Gasteiger charge is 2.22. The van der Waals surface area contributed by atoms with Gasteiger partial charge < -0.3 is 24.9 Å². The van der Waals surface area contributed by atoms with Gasteiger partial charge in [0, 0.05) is 35.3 Å². The largest absolute Gasteiger partial charge is 0.494 e. The number of nitrogen functional groups attached to an aromatic ring is 1. The molecule has 7 nitrogen and oxygen atoms in total. The molecule has 0 spiro atoms. The SMILES string of the molecule is CCCn1cc2nc3c(-c4ccc(OC)nc4OC)c(F)ccc3c(N)c2c1O. The third-order valence-electron chi connectivity index (χ3n) is 4.92. The molecule has 0 fully saturated rings. The maximum Gasteiger partial charge on any atom is 0.224 e. The second-order valence-corrected chi connectivity index (χ2v) is 6.66. The third kappa shape index (κ3) is 2.88. The first-order valence-electron chi connectivity index (χ1n) is 9.19. The Hall–Kier alpha value is -3.55. The molecule has 0 aliphatic carbocycles. The van der Waals surface area contributed by atoms with Crippen LogP contribution in [-0.4, -0.2) is 33.9 Å². The van der Waals surface area contributed by atoms with E-state index in [1.54, 1.807) is 29.0 Å². The molecular formula is C21H21FN4O3. The fourth-order valence-corrected chi connectivity index (χ4v) is 3.58. The fourth-order valence-electron chi connectivity index (χ4n) is 3.58. The van der Waals surface area contributed by atoms with Crippen molar-refractivity contribution >= 4 is 27.5 Å². The van der Waals surface area contributed by atoms with Gasteiger partial charge in [-0.05, 0) is 24.6 Å². The molecule has 0 bridgehead atoms. The molecule has 0 saturated heterocycles. The van der Waals surface area contributed by atoms with Crippen molar-refractivity contribution in [2.45, 2.75) is 19.9 Å². The summed E-state index contributed by atoms with van der Waals surface area (Å²) in [6.07, 6.45) is 2.56. The Labute approximate surface area is 166 Å². The van der Waals surface area contributed by atoms with E-state index in [4.69, 9.17) is 15.2 Å². The highest BCUT2D eigenvalue weighted by atomic mass is 19.1. The van der Waals surface area contributed by atoms with Gasteiger partial charge in [0.15, 0.2) is 0 Å². The molecule has 0 aliphatic rings. The number of anilines is 1. The molecular weight excluding hydrogens is 375 g/mol. The number of aryl methyl sites for hydroxylation is 1. The van der Waals surface area contributed by atoms with Gasteiger partial charge >= 0.3 is 0 Å². The number of benzene rings is 1. The molecule has 0 atom stereocenters. The van der Waals surface area contributed by atoms with E-state index in [0.29, 0.717) is 45.5 Å². The number of pyridine rings is 2. The Morgan fingerprint density at radius 2 is 1.93 bits per heavy atom. The molecule has 0 amide bonds. The van der Waals surface area contributed by atoms with Crippen LogP contribution in [0.3, 0.4) is 0 Å². The molecule has 0 aliphatic heterocycles. The van der Waals surface area contributed by atoms with Gasteiger partial charge in [0.2, 0.25) is 17.6 Å². The van der Waals surface area contributed by atoms with Gasteiger partial charge in [-0.25, -0.2) is 9.37 Å². The standard InChI is InChI=1S/C21H21FN4O3/c1-4-9-26-10-14-17(21(26)27)18(23)12-5-7-13(22)16(19(12)24-14)11-6-8-15(28-2)25-20(11)29-3/h5-8,10,27H,4,9,23H2,1-3H3. The first kappa shape index (κ1) is 18.8. The molecule has 3 heterocycles. The molecule has 29 heavy (non-hydrogen) atoms. The number of nitrogens with two attached hydrogens (primary N) is 1. The monoisotopic (exact) mass is 396 g/mol. The summed E-state index contributed by atoms with van der Waals surface area (Å²) < 4.78 is 27.2. The Bertz CT molecular complexity index is 1240. The van der Waals surface area contributed by atoms with E-state index in [0.717, 1.165) is 6.42 Å². The number of hydrogen-bond donors (Lipinski definition) is 2. The zero-order chi connectivity index (χ0) is 20.7. The van der Waals surface area contributed by atoms with Gasteiger partial charge in [0.1, 0.15) is 5.82 Å². The number of ether oxygens (including phenoxy) is 2. The molecule has 4 rings (SSSR count). The lowest BCUT2D eigenvalue weighted by atomic mass is 10.0. The minimum absolute atomic E-state index is 0.0586. The van der Waals surface area contributed by atoms with Crippen molar-refractivity contribution in [1.29, 1.82) is 0 Å². The number of nitrogens with zero attached hydrogens (tertiary/aromatic N) is 3. The Morgan fingerprint density at radius 1 is 1.14 bits per heavy atom. The van der Waals surface area contributed by atoms with Crippen LogP contribution in [0.1, 0.15) is 13.3 Å². The van der Waals surface area contributed by atoms with Crippen LogP contribution in [0.15, 0.2) is 30.5 Å². The lowest BCUT2D eigenvalue weighted by molar-refractivity contribution is 0.365. The smallest absolute Gasteiger partial charge is 0.224 e. The van der Waals surface area contributed by atoms with Gasteiger partial charge in [-0.1, -0.05) is 6.92 Å². The van der Waals surface area contributed by atoms with Gasteiger partial charge in [-0.15, -0.1) is 0 Å². The predicted molar refractivity (Wildman–Crippen MR) is 110 cm³/mol. The van der Waals surface area contributed by atoms with Crippen molar-refractivity contribution in [1.82, 2.24) is 14.5 Å². The predicted octanol–water partition coefficient (Wildman–Crippen LogP) is 4.11. The summed E-state index contributed by atoms with van der Waals surface area (Å²) in [5, 5.41) is 11.6. The van der Waals surface area contributed by atoms with E-state index in [2.05, 4.69) is 9.97 Å². The quantitative estimate of drug-likeness (QED) is 0.527. The Kier molecular flexibility index (Phi) is 4.62. The van der Waals surface area contributed by atoms with Crippen LogP contribution in [0.25, 0.3) is 32.9 Å². The van der Waals surface area contributed by atoms with E-state index in [9.17, 15) is 9.50 Å². The summed E-state index contributed by atoms with van der Waals surface area (Å²) in [5.74, 6) is 0.139. The van der Waals surface area contributed by atoms with Crippen molar-refractivity contribution in [3.8, 4) is 28.8 Å². The number of hydrogen-bond acceptors (Lipinski definition) is 6. The molecule has 1 aromatic carbocycles.